The summed E-state index contributed by atoms with van der Waals surface area (Å²) in [6, 6.07) is 0. The third-order valence-corrected chi connectivity index (χ3v) is 2.95. The predicted octanol–water partition coefficient (Wildman–Crippen LogP) is 0.710. The molecule has 0 aliphatic heterocycles. The highest BCUT2D eigenvalue weighted by molar-refractivity contribution is 7.85. The Balaban J connectivity index is 2.41. The van der Waals surface area contributed by atoms with E-state index in [4.69, 9.17) is 4.55 Å². The first-order chi connectivity index (χ1) is 7.37. The number of aryl methyl sites for hydroxylation is 1. The Labute approximate surface area is 96.5 Å². The van der Waals surface area contributed by atoms with E-state index >= 15 is 0 Å². The van der Waals surface area contributed by atoms with Crippen molar-refractivity contribution < 1.29 is 17.5 Å². The van der Waals surface area contributed by atoms with E-state index in [1.807, 2.05) is 23.3 Å². The van der Waals surface area contributed by atoms with Crippen molar-refractivity contribution in [3.63, 3.8) is 0 Å². The smallest absolute Gasteiger partial charge is 0.265 e. The molecular formula is C10H19N2O3S+. The summed E-state index contributed by atoms with van der Waals surface area (Å²) in [7, 11) is -3.83. The second-order valence-corrected chi connectivity index (χ2v) is 5.95. The first-order valence-electron chi connectivity index (χ1n) is 5.37. The average Bonchev–Trinajstić information content (AvgIpc) is 2.49. The van der Waals surface area contributed by atoms with Crippen molar-refractivity contribution in [3.05, 3.63) is 18.7 Å². The standard InChI is InChI=1S/C10H18N2O3S/c1-10(2)8-12-6-5-11(9-12)4-3-7-16(13,14)15/h5-6,9-10H,3-4,7-8H2,1-2H3/p+1. The van der Waals surface area contributed by atoms with Crippen LogP contribution >= 0.6 is 0 Å². The Morgan fingerprint density at radius 1 is 1.44 bits per heavy atom. The maximum absolute atomic E-state index is 10.5. The monoisotopic (exact) mass is 247 g/mol. The van der Waals surface area contributed by atoms with E-state index in [2.05, 4.69) is 18.4 Å². The fourth-order valence-electron chi connectivity index (χ4n) is 1.53. The van der Waals surface area contributed by atoms with Crippen LogP contribution in [-0.4, -0.2) is 23.3 Å². The molecule has 0 bridgehead atoms. The molecule has 0 saturated carbocycles. The Bertz CT molecular complexity index is 423. The Kier molecular flexibility index (Phi) is 4.49. The zero-order chi connectivity index (χ0) is 12.2. The van der Waals surface area contributed by atoms with Crippen LogP contribution in [0, 0.1) is 5.92 Å². The predicted molar refractivity (Wildman–Crippen MR) is 60.5 cm³/mol. The number of imidazole rings is 1. The Hall–Kier alpha value is -0.880. The molecule has 0 saturated heterocycles. The largest absolute Gasteiger partial charge is 0.286 e. The summed E-state index contributed by atoms with van der Waals surface area (Å²) in [4.78, 5) is 0. The van der Waals surface area contributed by atoms with E-state index in [1.54, 1.807) is 0 Å². The van der Waals surface area contributed by atoms with Crippen molar-refractivity contribution in [1.82, 2.24) is 4.57 Å². The molecule has 1 aromatic rings. The average molecular weight is 247 g/mol. The van der Waals surface area contributed by atoms with Gasteiger partial charge in [0.2, 0.25) is 6.33 Å². The summed E-state index contributed by atoms with van der Waals surface area (Å²) >= 11 is 0. The normalized spacial score (nSPS) is 12.2. The first-order valence-corrected chi connectivity index (χ1v) is 6.98. The zero-order valence-corrected chi connectivity index (χ0v) is 10.5. The van der Waals surface area contributed by atoms with Gasteiger partial charge in [-0.1, -0.05) is 13.8 Å². The number of rotatable bonds is 6. The Morgan fingerprint density at radius 2 is 2.12 bits per heavy atom. The van der Waals surface area contributed by atoms with Gasteiger partial charge in [0.25, 0.3) is 10.1 Å². The SMILES string of the molecule is CC(C)C[n+]1ccn(CCCS(=O)(=O)O)c1. The maximum atomic E-state index is 10.5. The highest BCUT2D eigenvalue weighted by Crippen LogP contribution is 1.95. The lowest BCUT2D eigenvalue weighted by atomic mass is 10.2. The highest BCUT2D eigenvalue weighted by atomic mass is 32.2. The van der Waals surface area contributed by atoms with Crippen molar-refractivity contribution >= 4 is 10.1 Å². The third kappa shape index (κ3) is 5.27. The minimum atomic E-state index is -3.83. The molecule has 1 aromatic heterocycles. The van der Waals surface area contributed by atoms with Crippen LogP contribution in [-0.2, 0) is 23.2 Å². The molecule has 0 radical (unpaired) electrons. The summed E-state index contributed by atoms with van der Waals surface area (Å²) < 4.78 is 33.6. The fourth-order valence-corrected chi connectivity index (χ4v) is 2.02. The number of nitrogens with zero attached hydrogens (tertiary/aromatic N) is 2. The molecule has 16 heavy (non-hydrogen) atoms. The molecule has 5 nitrogen and oxygen atoms in total. The molecule has 1 N–H and O–H groups in total. The summed E-state index contributed by atoms with van der Waals surface area (Å²) in [5, 5.41) is 0. The molecule has 0 aromatic carbocycles. The van der Waals surface area contributed by atoms with Crippen LogP contribution in [0.15, 0.2) is 18.7 Å². The summed E-state index contributed by atoms with van der Waals surface area (Å²) in [5.41, 5.74) is 0. The highest BCUT2D eigenvalue weighted by Gasteiger charge is 2.08. The van der Waals surface area contributed by atoms with Gasteiger partial charge in [0.15, 0.2) is 0 Å². The lowest BCUT2D eigenvalue weighted by molar-refractivity contribution is -0.701. The van der Waals surface area contributed by atoms with Crippen LogP contribution < -0.4 is 4.57 Å². The van der Waals surface area contributed by atoms with Crippen molar-refractivity contribution in [2.24, 2.45) is 5.92 Å². The molecule has 0 spiro atoms. The van der Waals surface area contributed by atoms with Gasteiger partial charge in [-0.25, -0.2) is 9.13 Å². The lowest BCUT2D eigenvalue weighted by Gasteiger charge is -1.99. The summed E-state index contributed by atoms with van der Waals surface area (Å²) in [6.45, 7) is 5.83. The third-order valence-electron chi connectivity index (χ3n) is 2.14. The first kappa shape index (κ1) is 13.2. The molecule has 92 valence electrons. The van der Waals surface area contributed by atoms with Gasteiger partial charge in [-0.15, -0.1) is 0 Å². The van der Waals surface area contributed by atoms with E-state index in [-0.39, 0.29) is 5.75 Å². The van der Waals surface area contributed by atoms with Gasteiger partial charge in [-0.3, -0.25) is 4.55 Å². The van der Waals surface area contributed by atoms with Gasteiger partial charge in [-0.05, 0) is 5.92 Å². The van der Waals surface area contributed by atoms with Crippen LogP contribution in [0.4, 0.5) is 0 Å². The van der Waals surface area contributed by atoms with E-state index in [0.717, 1.165) is 6.54 Å². The van der Waals surface area contributed by atoms with E-state index in [9.17, 15) is 8.42 Å². The van der Waals surface area contributed by atoms with Gasteiger partial charge in [0, 0.05) is 6.42 Å². The van der Waals surface area contributed by atoms with Crippen molar-refractivity contribution in [2.45, 2.75) is 33.4 Å². The van der Waals surface area contributed by atoms with Crippen LogP contribution in [0.25, 0.3) is 0 Å². The molecule has 1 rings (SSSR count). The van der Waals surface area contributed by atoms with Gasteiger partial charge < -0.3 is 0 Å². The molecule has 0 atom stereocenters. The molecule has 1 heterocycles. The lowest BCUT2D eigenvalue weighted by Crippen LogP contribution is -2.33. The molecule has 0 unspecified atom stereocenters. The van der Waals surface area contributed by atoms with Crippen molar-refractivity contribution in [3.8, 4) is 0 Å². The van der Waals surface area contributed by atoms with Gasteiger partial charge in [0.1, 0.15) is 12.4 Å². The van der Waals surface area contributed by atoms with Gasteiger partial charge in [-0.2, -0.15) is 8.42 Å². The molecule has 0 aliphatic rings. The second kappa shape index (κ2) is 5.45. The number of hydrogen-bond donors (Lipinski definition) is 1. The van der Waals surface area contributed by atoms with Crippen molar-refractivity contribution in [1.29, 1.82) is 0 Å². The molecule has 0 fully saturated rings. The molecule has 0 amide bonds. The van der Waals surface area contributed by atoms with E-state index in [0.29, 0.717) is 18.9 Å². The van der Waals surface area contributed by atoms with Gasteiger partial charge in [0.05, 0.1) is 18.8 Å². The van der Waals surface area contributed by atoms with Gasteiger partial charge >= 0.3 is 0 Å². The van der Waals surface area contributed by atoms with E-state index < -0.39 is 10.1 Å². The second-order valence-electron chi connectivity index (χ2n) is 4.38. The molecular weight excluding hydrogens is 228 g/mol. The minimum absolute atomic E-state index is 0.185. The fraction of sp³-hybridized carbons (Fsp3) is 0.700. The summed E-state index contributed by atoms with van der Waals surface area (Å²) in [5.74, 6) is 0.397. The number of aromatic nitrogens is 2. The quantitative estimate of drug-likeness (QED) is 0.595. The van der Waals surface area contributed by atoms with E-state index in [1.165, 1.54) is 0 Å². The topological polar surface area (TPSA) is 63.2 Å². The minimum Gasteiger partial charge on any atom is -0.286 e. The van der Waals surface area contributed by atoms with Crippen LogP contribution in [0.2, 0.25) is 0 Å². The maximum Gasteiger partial charge on any atom is 0.265 e. The number of hydrogen-bond acceptors (Lipinski definition) is 2. The van der Waals surface area contributed by atoms with Crippen LogP contribution in [0.1, 0.15) is 20.3 Å². The Morgan fingerprint density at radius 3 is 2.69 bits per heavy atom. The zero-order valence-electron chi connectivity index (χ0n) is 9.70. The summed E-state index contributed by atoms with van der Waals surface area (Å²) in [6.07, 6.45) is 6.25. The van der Waals surface area contributed by atoms with Crippen molar-refractivity contribution in [2.75, 3.05) is 5.75 Å². The molecule has 0 aliphatic carbocycles. The van der Waals surface area contributed by atoms with Crippen LogP contribution in [0.5, 0.6) is 0 Å². The van der Waals surface area contributed by atoms with Crippen LogP contribution in [0.3, 0.4) is 0 Å². The molecule has 6 heteroatoms.